The first-order valence-corrected chi connectivity index (χ1v) is 9.78. The Balaban J connectivity index is 1.51. The van der Waals surface area contributed by atoms with Crippen LogP contribution in [0.15, 0.2) is 48.7 Å². The quantitative estimate of drug-likeness (QED) is 0.406. The van der Waals surface area contributed by atoms with Crippen molar-refractivity contribution in [2.45, 2.75) is 25.7 Å². The molecule has 0 aliphatic carbocycles. The second kappa shape index (κ2) is 8.54. The lowest BCUT2D eigenvalue weighted by Gasteiger charge is -2.28. The molecule has 0 amide bonds. The van der Waals surface area contributed by atoms with E-state index in [1.807, 2.05) is 4.90 Å². The Morgan fingerprint density at radius 1 is 1.03 bits per heavy atom. The lowest BCUT2D eigenvalue weighted by molar-refractivity contribution is -0.394. The van der Waals surface area contributed by atoms with Crippen molar-refractivity contribution in [1.82, 2.24) is 14.9 Å². The van der Waals surface area contributed by atoms with Gasteiger partial charge in [0, 0.05) is 55.0 Å². The second-order valence-electron chi connectivity index (χ2n) is 7.53. The molecule has 170 valence electrons. The molecule has 12 heteroatoms. The number of nitrogens with zero attached hydrogens (tertiary/aromatic N) is 5. The number of alkyl halides is 3. The lowest BCUT2D eigenvalue weighted by Crippen LogP contribution is -2.31. The fourth-order valence-electron chi connectivity index (χ4n) is 3.67. The number of halogens is 3. The van der Waals surface area contributed by atoms with Crippen molar-refractivity contribution in [1.29, 1.82) is 0 Å². The van der Waals surface area contributed by atoms with Gasteiger partial charge in [-0.05, 0) is 18.2 Å². The molecule has 4 rings (SSSR count). The molecule has 1 aliphatic heterocycles. The summed E-state index contributed by atoms with van der Waals surface area (Å²) in [5, 5.41) is 22.3. The highest BCUT2D eigenvalue weighted by atomic mass is 19.4. The maximum Gasteiger partial charge on any atom is 0.416 e. The topological polar surface area (TPSA) is 115 Å². The summed E-state index contributed by atoms with van der Waals surface area (Å²) in [6.07, 6.45) is -2.30. The largest absolute Gasteiger partial charge is 0.416 e. The maximum absolute atomic E-state index is 12.8. The molecule has 2 heterocycles. The summed E-state index contributed by atoms with van der Waals surface area (Å²) in [7, 11) is 0. The average molecular weight is 459 g/mol. The van der Waals surface area contributed by atoms with E-state index in [2.05, 4.69) is 9.97 Å². The molecule has 9 nitrogen and oxygen atoms in total. The summed E-state index contributed by atoms with van der Waals surface area (Å²) in [5.74, 6) is 0.321. The number of nitro benzene ring substituents is 2. The van der Waals surface area contributed by atoms with Gasteiger partial charge in [0.15, 0.2) is 5.82 Å². The average Bonchev–Trinajstić information content (AvgIpc) is 2.78. The van der Waals surface area contributed by atoms with E-state index in [1.54, 1.807) is 6.20 Å². The number of hydrogen-bond acceptors (Lipinski definition) is 7. The van der Waals surface area contributed by atoms with Crippen molar-refractivity contribution < 1.29 is 23.0 Å². The summed E-state index contributed by atoms with van der Waals surface area (Å²) < 4.78 is 38.3. The molecule has 0 saturated carbocycles. The zero-order chi connectivity index (χ0) is 23.8. The van der Waals surface area contributed by atoms with Crippen LogP contribution in [0.5, 0.6) is 0 Å². The Morgan fingerprint density at radius 3 is 2.39 bits per heavy atom. The third-order valence-corrected chi connectivity index (χ3v) is 5.35. The Kier molecular flexibility index (Phi) is 5.77. The molecule has 33 heavy (non-hydrogen) atoms. The fraction of sp³-hybridized carbons (Fsp3) is 0.238. The second-order valence-corrected chi connectivity index (χ2v) is 7.53. The molecule has 3 aromatic rings. The van der Waals surface area contributed by atoms with Gasteiger partial charge in [-0.2, -0.15) is 13.2 Å². The summed E-state index contributed by atoms with van der Waals surface area (Å²) in [4.78, 5) is 31.7. The zero-order valence-corrected chi connectivity index (χ0v) is 17.0. The summed E-state index contributed by atoms with van der Waals surface area (Å²) in [6.45, 7) is 1.16. The number of fused-ring (bicyclic) bond motifs is 1. The molecule has 0 saturated heterocycles. The van der Waals surface area contributed by atoms with Crippen LogP contribution in [0.2, 0.25) is 0 Å². The van der Waals surface area contributed by atoms with Gasteiger partial charge >= 0.3 is 6.18 Å². The van der Waals surface area contributed by atoms with Crippen molar-refractivity contribution in [3.8, 4) is 11.4 Å². The molecule has 0 spiro atoms. The van der Waals surface area contributed by atoms with Gasteiger partial charge in [-0.1, -0.05) is 12.1 Å². The first kappa shape index (κ1) is 22.3. The Bertz CT molecular complexity index is 1230. The summed E-state index contributed by atoms with van der Waals surface area (Å²) in [6, 6.07) is 8.19. The summed E-state index contributed by atoms with van der Waals surface area (Å²) >= 11 is 0. The number of rotatable bonds is 5. The first-order valence-electron chi connectivity index (χ1n) is 9.78. The maximum atomic E-state index is 12.8. The van der Waals surface area contributed by atoms with Crippen molar-refractivity contribution in [3.05, 3.63) is 91.3 Å². The van der Waals surface area contributed by atoms with Crippen LogP contribution in [-0.2, 0) is 25.7 Å². The van der Waals surface area contributed by atoms with E-state index >= 15 is 0 Å². The van der Waals surface area contributed by atoms with E-state index in [0.717, 1.165) is 29.5 Å². The van der Waals surface area contributed by atoms with Crippen molar-refractivity contribution >= 4 is 11.4 Å². The number of benzene rings is 2. The van der Waals surface area contributed by atoms with Gasteiger partial charge in [0.25, 0.3) is 11.4 Å². The van der Waals surface area contributed by atoms with Gasteiger partial charge in [-0.25, -0.2) is 9.97 Å². The molecule has 2 aromatic carbocycles. The van der Waals surface area contributed by atoms with Gasteiger partial charge in [0.1, 0.15) is 0 Å². The molecular weight excluding hydrogens is 443 g/mol. The molecular formula is C21H16F3N5O4. The molecule has 1 aromatic heterocycles. The Labute approximate surface area is 184 Å². The Morgan fingerprint density at radius 2 is 1.76 bits per heavy atom. The predicted octanol–water partition coefficient (Wildman–Crippen LogP) is 4.54. The molecule has 0 fully saturated rings. The SMILES string of the molecule is O=[N+]([O-])c1ccc(CN2CCc3nc(-c4ccc(C(F)(F)F)cc4)ncc3C2)c([N+](=O)[O-])c1. The number of non-ortho nitro benzene ring substituents is 1. The van der Waals surface area contributed by atoms with Crippen LogP contribution in [-0.4, -0.2) is 31.3 Å². The zero-order valence-electron chi connectivity index (χ0n) is 17.0. The van der Waals surface area contributed by atoms with Crippen LogP contribution in [0, 0.1) is 20.2 Å². The van der Waals surface area contributed by atoms with Crippen molar-refractivity contribution in [3.63, 3.8) is 0 Å². The minimum Gasteiger partial charge on any atom is -0.294 e. The first-order chi connectivity index (χ1) is 15.6. The minimum absolute atomic E-state index is 0.217. The van der Waals surface area contributed by atoms with Crippen LogP contribution >= 0.6 is 0 Å². The predicted molar refractivity (Wildman–Crippen MR) is 110 cm³/mol. The van der Waals surface area contributed by atoms with E-state index in [9.17, 15) is 33.4 Å². The molecule has 0 unspecified atom stereocenters. The van der Waals surface area contributed by atoms with Crippen molar-refractivity contribution in [2.75, 3.05) is 6.54 Å². The van der Waals surface area contributed by atoms with Gasteiger partial charge in [0.2, 0.25) is 0 Å². The highest BCUT2D eigenvalue weighted by Gasteiger charge is 2.30. The van der Waals surface area contributed by atoms with Crippen LogP contribution in [0.25, 0.3) is 11.4 Å². The van der Waals surface area contributed by atoms with Crippen LogP contribution in [0.3, 0.4) is 0 Å². The third kappa shape index (κ3) is 4.80. The Hall–Kier alpha value is -3.93. The van der Waals surface area contributed by atoms with E-state index < -0.39 is 21.6 Å². The normalized spacial score (nSPS) is 14.0. The standard InChI is InChI=1S/C21H16F3N5O4/c22-21(23,24)16-4-1-13(2-5-16)20-25-10-15-12-27(8-7-18(15)26-20)11-14-3-6-17(28(30)31)9-19(14)29(32)33/h1-6,9-10H,7-8,11-12H2. The van der Waals surface area contributed by atoms with Gasteiger partial charge in [-0.15, -0.1) is 0 Å². The third-order valence-electron chi connectivity index (χ3n) is 5.35. The van der Waals surface area contributed by atoms with Gasteiger partial charge < -0.3 is 0 Å². The molecule has 0 N–H and O–H groups in total. The van der Waals surface area contributed by atoms with Crippen LogP contribution in [0.1, 0.15) is 22.4 Å². The smallest absolute Gasteiger partial charge is 0.294 e. The van der Waals surface area contributed by atoms with Crippen LogP contribution < -0.4 is 0 Å². The van der Waals surface area contributed by atoms with E-state index in [0.29, 0.717) is 36.5 Å². The lowest BCUT2D eigenvalue weighted by atomic mass is 10.0. The number of nitro groups is 2. The number of hydrogen-bond donors (Lipinski definition) is 0. The molecule has 0 bridgehead atoms. The van der Waals surface area contributed by atoms with Gasteiger partial charge in [-0.3, -0.25) is 25.1 Å². The highest BCUT2D eigenvalue weighted by Crippen LogP contribution is 2.31. The van der Waals surface area contributed by atoms with E-state index in [-0.39, 0.29) is 17.9 Å². The summed E-state index contributed by atoms with van der Waals surface area (Å²) in [5.41, 5.74) is 0.977. The fourth-order valence-corrected chi connectivity index (χ4v) is 3.67. The van der Waals surface area contributed by atoms with E-state index in [4.69, 9.17) is 0 Å². The molecule has 0 atom stereocenters. The van der Waals surface area contributed by atoms with E-state index in [1.165, 1.54) is 24.3 Å². The number of aromatic nitrogens is 2. The monoisotopic (exact) mass is 459 g/mol. The minimum atomic E-state index is -4.42. The highest BCUT2D eigenvalue weighted by molar-refractivity contribution is 5.56. The molecule has 1 aliphatic rings. The molecule has 0 radical (unpaired) electrons. The van der Waals surface area contributed by atoms with Crippen LogP contribution in [0.4, 0.5) is 24.5 Å². The van der Waals surface area contributed by atoms with Crippen molar-refractivity contribution in [2.24, 2.45) is 0 Å². The van der Waals surface area contributed by atoms with Gasteiger partial charge in [0.05, 0.1) is 27.2 Å².